The number of hydrogen-bond acceptors (Lipinski definition) is 8. The first kappa shape index (κ1) is 27.6. The molecule has 6 rings (SSSR count). The molecule has 208 valence electrons. The van der Waals surface area contributed by atoms with Crippen molar-refractivity contribution in [2.24, 2.45) is 4.99 Å². The van der Waals surface area contributed by atoms with Gasteiger partial charge in [0.1, 0.15) is 0 Å². The molecule has 4 aromatic rings. The quantitative estimate of drug-likeness (QED) is 0.203. The van der Waals surface area contributed by atoms with Crippen molar-refractivity contribution in [3.8, 4) is 0 Å². The fourth-order valence-electron chi connectivity index (χ4n) is 5.16. The van der Waals surface area contributed by atoms with Gasteiger partial charge in [0, 0.05) is 21.7 Å². The molecule has 0 N–H and O–H groups in total. The van der Waals surface area contributed by atoms with Gasteiger partial charge in [0.05, 0.1) is 39.3 Å². The second-order valence-corrected chi connectivity index (χ2v) is 13.1. The highest BCUT2D eigenvalue weighted by Crippen LogP contribution is 2.47. The molecule has 0 bridgehead atoms. The number of carbonyl (C=O) groups excluding carboxylic acids is 1. The summed E-state index contributed by atoms with van der Waals surface area (Å²) >= 11 is 4.72. The Balaban J connectivity index is 1.46. The molecule has 2 aliphatic heterocycles. The van der Waals surface area contributed by atoms with Gasteiger partial charge in [0.15, 0.2) is 4.80 Å². The van der Waals surface area contributed by atoms with Crippen molar-refractivity contribution >= 4 is 58.3 Å². The molecule has 0 fully saturated rings. The summed E-state index contributed by atoms with van der Waals surface area (Å²) < 4.78 is 7.82. The van der Waals surface area contributed by atoms with E-state index in [-0.39, 0.29) is 11.7 Å². The number of carbonyl (C=O) groups is 1. The Labute approximate surface area is 251 Å². The molecule has 0 saturated heterocycles. The van der Waals surface area contributed by atoms with E-state index < -0.39 is 12.0 Å². The standard InChI is InChI=1S/C32H29N3O3S3/c1-18(2)38-31(37)28-19(3)33-32-35(29(28)21-11-13-22(39-5)14-12-21)30(36)27(41-32)17-20-10-15-24-26(16-20)40-25-9-7-6-8-23(25)34(24)4/h6-18,29H,1-5H3/b27-17-/t29-/m0/s1. The number of thiazole rings is 1. The van der Waals surface area contributed by atoms with Crippen LogP contribution in [0.4, 0.5) is 11.4 Å². The largest absolute Gasteiger partial charge is 0.459 e. The van der Waals surface area contributed by atoms with Crippen LogP contribution in [0.2, 0.25) is 0 Å². The van der Waals surface area contributed by atoms with E-state index in [0.717, 1.165) is 26.6 Å². The smallest absolute Gasteiger partial charge is 0.338 e. The summed E-state index contributed by atoms with van der Waals surface area (Å²) in [4.78, 5) is 38.3. The Hall–Kier alpha value is -3.53. The fourth-order valence-corrected chi connectivity index (χ4v) is 7.81. The molecule has 3 aromatic carbocycles. The molecule has 0 amide bonds. The van der Waals surface area contributed by atoms with Crippen molar-refractivity contribution < 1.29 is 9.53 Å². The number of rotatable bonds is 5. The maximum atomic E-state index is 14.0. The summed E-state index contributed by atoms with van der Waals surface area (Å²) in [6.45, 7) is 5.45. The molecule has 2 aliphatic rings. The first-order chi connectivity index (χ1) is 19.7. The zero-order valence-electron chi connectivity index (χ0n) is 23.4. The Kier molecular flexibility index (Phi) is 7.44. The first-order valence-corrected chi connectivity index (χ1v) is 16.1. The molecule has 0 spiro atoms. The van der Waals surface area contributed by atoms with Gasteiger partial charge in [0.25, 0.3) is 5.56 Å². The summed E-state index contributed by atoms with van der Waals surface area (Å²) in [5.41, 5.74) is 4.86. The van der Waals surface area contributed by atoms with Crippen LogP contribution in [0, 0.1) is 0 Å². The number of esters is 1. The third kappa shape index (κ3) is 5.07. The third-order valence-electron chi connectivity index (χ3n) is 7.11. The Morgan fingerprint density at radius 3 is 2.51 bits per heavy atom. The van der Waals surface area contributed by atoms with Gasteiger partial charge in [-0.05, 0) is 80.6 Å². The van der Waals surface area contributed by atoms with Crippen LogP contribution in [0.1, 0.15) is 37.9 Å². The first-order valence-electron chi connectivity index (χ1n) is 13.3. The van der Waals surface area contributed by atoms with E-state index >= 15 is 0 Å². The monoisotopic (exact) mass is 599 g/mol. The van der Waals surface area contributed by atoms with Gasteiger partial charge in [-0.25, -0.2) is 9.79 Å². The topological polar surface area (TPSA) is 63.9 Å². The van der Waals surface area contributed by atoms with Crippen LogP contribution in [-0.2, 0) is 9.53 Å². The van der Waals surface area contributed by atoms with Crippen LogP contribution in [0.25, 0.3) is 6.08 Å². The van der Waals surface area contributed by atoms with E-state index in [9.17, 15) is 9.59 Å². The van der Waals surface area contributed by atoms with Crippen molar-refractivity contribution in [1.82, 2.24) is 4.57 Å². The number of hydrogen-bond donors (Lipinski definition) is 0. The van der Waals surface area contributed by atoms with Crippen molar-refractivity contribution in [1.29, 1.82) is 0 Å². The molecule has 41 heavy (non-hydrogen) atoms. The van der Waals surface area contributed by atoms with Crippen LogP contribution in [0.3, 0.4) is 0 Å². The number of allylic oxidation sites excluding steroid dienone is 1. The molecule has 3 heterocycles. The Morgan fingerprint density at radius 1 is 1.05 bits per heavy atom. The van der Waals surface area contributed by atoms with E-state index in [1.807, 2.05) is 69.5 Å². The maximum absolute atomic E-state index is 14.0. The maximum Gasteiger partial charge on any atom is 0.338 e. The van der Waals surface area contributed by atoms with Gasteiger partial charge in [-0.15, -0.1) is 11.8 Å². The number of benzene rings is 3. The molecule has 0 radical (unpaired) electrons. The highest BCUT2D eigenvalue weighted by Gasteiger charge is 2.33. The lowest BCUT2D eigenvalue weighted by Crippen LogP contribution is -2.40. The molecule has 1 aromatic heterocycles. The SMILES string of the molecule is CSc1ccc([C@H]2C(C(=O)OC(C)C)=C(C)N=c3s/c(=C\c4ccc5c(c4)Sc4ccccc4N5C)c(=O)n32)cc1. The molecule has 1 atom stereocenters. The van der Waals surface area contributed by atoms with Gasteiger partial charge in [0.2, 0.25) is 0 Å². The summed E-state index contributed by atoms with van der Waals surface area (Å²) in [6, 6.07) is 22.0. The zero-order chi connectivity index (χ0) is 28.8. The Morgan fingerprint density at radius 2 is 1.78 bits per heavy atom. The van der Waals surface area contributed by atoms with Crippen LogP contribution in [-0.4, -0.2) is 29.9 Å². The predicted octanol–water partition coefficient (Wildman–Crippen LogP) is 6.14. The van der Waals surface area contributed by atoms with Gasteiger partial charge in [-0.2, -0.15) is 0 Å². The number of nitrogens with zero attached hydrogens (tertiary/aromatic N) is 3. The number of fused-ring (bicyclic) bond motifs is 3. The van der Waals surface area contributed by atoms with Crippen molar-refractivity contribution in [3.05, 3.63) is 109 Å². The third-order valence-corrected chi connectivity index (χ3v) is 9.94. The van der Waals surface area contributed by atoms with Crippen LogP contribution in [0.5, 0.6) is 0 Å². The zero-order valence-corrected chi connectivity index (χ0v) is 25.8. The molecule has 0 saturated carbocycles. The summed E-state index contributed by atoms with van der Waals surface area (Å²) in [5, 5.41) is 0. The minimum absolute atomic E-state index is 0.178. The normalized spacial score (nSPS) is 16.3. The molecule has 0 unspecified atom stereocenters. The number of aromatic nitrogens is 1. The molecular weight excluding hydrogens is 571 g/mol. The van der Waals surface area contributed by atoms with E-state index in [1.165, 1.54) is 21.9 Å². The minimum Gasteiger partial charge on any atom is -0.459 e. The van der Waals surface area contributed by atoms with E-state index in [0.29, 0.717) is 20.6 Å². The molecule has 0 aliphatic carbocycles. The van der Waals surface area contributed by atoms with Crippen LogP contribution >= 0.6 is 34.9 Å². The van der Waals surface area contributed by atoms with Gasteiger partial charge >= 0.3 is 5.97 Å². The summed E-state index contributed by atoms with van der Waals surface area (Å²) in [5.74, 6) is -0.453. The highest BCUT2D eigenvalue weighted by atomic mass is 32.2. The summed E-state index contributed by atoms with van der Waals surface area (Å²) in [6.07, 6.45) is 3.65. The van der Waals surface area contributed by atoms with Gasteiger partial charge in [-0.3, -0.25) is 9.36 Å². The summed E-state index contributed by atoms with van der Waals surface area (Å²) in [7, 11) is 2.07. The van der Waals surface area contributed by atoms with Crippen LogP contribution < -0.4 is 19.8 Å². The number of para-hydroxylation sites is 1. The Bertz CT molecular complexity index is 1890. The van der Waals surface area contributed by atoms with Crippen LogP contribution in [0.15, 0.2) is 102 Å². The highest BCUT2D eigenvalue weighted by molar-refractivity contribution is 7.99. The van der Waals surface area contributed by atoms with E-state index in [1.54, 1.807) is 28.1 Å². The van der Waals surface area contributed by atoms with Gasteiger partial charge in [-0.1, -0.05) is 53.4 Å². The van der Waals surface area contributed by atoms with Crippen molar-refractivity contribution in [2.45, 2.75) is 47.6 Å². The van der Waals surface area contributed by atoms with Crippen molar-refractivity contribution in [2.75, 3.05) is 18.2 Å². The molecule has 6 nitrogen and oxygen atoms in total. The molecular formula is C32H29N3O3S3. The predicted molar refractivity (Wildman–Crippen MR) is 168 cm³/mol. The second-order valence-electron chi connectivity index (χ2n) is 10.2. The van der Waals surface area contributed by atoms with E-state index in [2.05, 4.69) is 42.3 Å². The van der Waals surface area contributed by atoms with E-state index in [4.69, 9.17) is 9.73 Å². The average molecular weight is 600 g/mol. The average Bonchev–Trinajstić information content (AvgIpc) is 3.25. The lowest BCUT2D eigenvalue weighted by atomic mass is 9.96. The lowest BCUT2D eigenvalue weighted by molar-refractivity contribution is -0.143. The minimum atomic E-state index is -0.625. The van der Waals surface area contributed by atoms with Crippen molar-refractivity contribution in [3.63, 3.8) is 0 Å². The number of anilines is 2. The lowest BCUT2D eigenvalue weighted by Gasteiger charge is -2.29. The fraction of sp³-hybridized carbons (Fsp3) is 0.219. The second kappa shape index (κ2) is 11.0. The van der Waals surface area contributed by atoms with Gasteiger partial charge < -0.3 is 9.64 Å². The number of thioether (sulfide) groups is 1. The molecule has 9 heteroatoms. The number of ether oxygens (including phenoxy) is 1.